The van der Waals surface area contributed by atoms with Gasteiger partial charge in [-0.15, -0.1) is 11.8 Å². The minimum absolute atomic E-state index is 0.0759. The summed E-state index contributed by atoms with van der Waals surface area (Å²) in [6.07, 6.45) is 0.175. The predicted molar refractivity (Wildman–Crippen MR) is 124 cm³/mol. The lowest BCUT2D eigenvalue weighted by molar-refractivity contribution is -0.122. The van der Waals surface area contributed by atoms with Crippen LogP contribution in [0.1, 0.15) is 5.56 Å². The molecule has 6 nitrogen and oxygen atoms in total. The van der Waals surface area contributed by atoms with Crippen LogP contribution in [-0.4, -0.2) is 33.2 Å². The Morgan fingerprint density at radius 2 is 1.71 bits per heavy atom. The quantitative estimate of drug-likeness (QED) is 0.567. The Hall–Kier alpha value is -2.97. The number of sulfonamides is 1. The second kappa shape index (κ2) is 9.03. The molecule has 0 saturated carbocycles. The number of ether oxygens (including phenoxy) is 1. The van der Waals surface area contributed by atoms with E-state index in [1.807, 2.05) is 42.5 Å². The third kappa shape index (κ3) is 5.21. The van der Waals surface area contributed by atoms with Crippen LogP contribution in [0.2, 0.25) is 0 Å². The average molecular weight is 455 g/mol. The van der Waals surface area contributed by atoms with Crippen LogP contribution in [-0.2, 0) is 20.6 Å². The van der Waals surface area contributed by atoms with Crippen LogP contribution in [0.4, 0.5) is 11.4 Å². The molecule has 1 heterocycles. The Labute approximate surface area is 186 Å². The van der Waals surface area contributed by atoms with E-state index < -0.39 is 22.0 Å². The molecule has 0 radical (unpaired) electrons. The molecule has 4 rings (SSSR count). The number of thioether (sulfide) groups is 1. The standard InChI is InChI=1S/C23H22N2O4S2/c1-31(27,28)25-15-22(29-21-10-6-5-9-20(21)25)23(26)24-18-13-11-17(12-14-18)16-30-19-7-3-2-4-8-19/h2-14,22H,15-16H2,1H3,(H,24,26)/t22-/m0/s1. The average Bonchev–Trinajstić information content (AvgIpc) is 2.78. The fourth-order valence-corrected chi connectivity index (χ4v) is 5.03. The number of carbonyl (C=O) groups is 1. The molecule has 3 aromatic rings. The summed E-state index contributed by atoms with van der Waals surface area (Å²) in [5.74, 6) is 0.798. The third-order valence-corrected chi connectivity index (χ3v) is 7.03. The fraction of sp³-hybridized carbons (Fsp3) is 0.174. The van der Waals surface area contributed by atoms with Crippen molar-refractivity contribution in [3.63, 3.8) is 0 Å². The molecule has 1 aliphatic heterocycles. The molecule has 8 heteroatoms. The van der Waals surface area contributed by atoms with Crippen LogP contribution in [0, 0.1) is 0 Å². The lowest BCUT2D eigenvalue weighted by Crippen LogP contribution is -2.48. The molecule has 160 valence electrons. The topological polar surface area (TPSA) is 75.7 Å². The van der Waals surface area contributed by atoms with Gasteiger partial charge in [0, 0.05) is 16.3 Å². The number of anilines is 2. The summed E-state index contributed by atoms with van der Waals surface area (Å²) >= 11 is 1.74. The van der Waals surface area contributed by atoms with Crippen LogP contribution >= 0.6 is 11.8 Å². The van der Waals surface area contributed by atoms with E-state index in [4.69, 9.17) is 4.74 Å². The van der Waals surface area contributed by atoms with Gasteiger partial charge in [-0.05, 0) is 42.0 Å². The Morgan fingerprint density at radius 3 is 2.42 bits per heavy atom. The molecule has 0 aromatic heterocycles. The van der Waals surface area contributed by atoms with Crippen LogP contribution in [0.5, 0.6) is 5.75 Å². The highest BCUT2D eigenvalue weighted by Crippen LogP contribution is 2.34. The zero-order valence-electron chi connectivity index (χ0n) is 16.9. The molecule has 3 aromatic carbocycles. The summed E-state index contributed by atoms with van der Waals surface area (Å²) in [5, 5.41) is 2.82. The number of fused-ring (bicyclic) bond motifs is 1. The van der Waals surface area contributed by atoms with E-state index >= 15 is 0 Å². The first-order valence-electron chi connectivity index (χ1n) is 9.71. The molecular formula is C23H22N2O4S2. The highest BCUT2D eigenvalue weighted by Gasteiger charge is 2.34. The van der Waals surface area contributed by atoms with Crippen molar-refractivity contribution in [2.24, 2.45) is 0 Å². The maximum Gasteiger partial charge on any atom is 0.267 e. The lowest BCUT2D eigenvalue weighted by Gasteiger charge is -2.33. The van der Waals surface area contributed by atoms with Crippen molar-refractivity contribution in [3.05, 3.63) is 84.4 Å². The second-order valence-corrected chi connectivity index (χ2v) is 10.1. The molecule has 1 N–H and O–H groups in total. The summed E-state index contributed by atoms with van der Waals surface area (Å²) < 4.78 is 31.4. The van der Waals surface area contributed by atoms with Gasteiger partial charge in [-0.1, -0.05) is 42.5 Å². The molecule has 0 fully saturated rings. The van der Waals surface area contributed by atoms with E-state index in [1.165, 1.54) is 9.20 Å². The van der Waals surface area contributed by atoms with Gasteiger partial charge in [0.1, 0.15) is 5.75 Å². The highest BCUT2D eigenvalue weighted by molar-refractivity contribution is 7.98. The molecule has 0 spiro atoms. The van der Waals surface area contributed by atoms with Crippen molar-refractivity contribution in [2.75, 3.05) is 22.4 Å². The van der Waals surface area contributed by atoms with Gasteiger partial charge in [-0.2, -0.15) is 0 Å². The normalized spacial score (nSPS) is 15.6. The number of nitrogens with one attached hydrogen (secondary N) is 1. The number of rotatable bonds is 6. The summed E-state index contributed by atoms with van der Waals surface area (Å²) in [7, 11) is -3.54. The molecule has 0 unspecified atom stereocenters. The monoisotopic (exact) mass is 454 g/mol. The number of nitrogens with zero attached hydrogens (tertiary/aromatic N) is 1. The molecule has 1 atom stereocenters. The van der Waals surface area contributed by atoms with Gasteiger partial charge < -0.3 is 10.1 Å². The van der Waals surface area contributed by atoms with Crippen molar-refractivity contribution in [1.29, 1.82) is 0 Å². The summed E-state index contributed by atoms with van der Waals surface area (Å²) in [4.78, 5) is 14.0. The van der Waals surface area contributed by atoms with E-state index in [9.17, 15) is 13.2 Å². The first-order valence-corrected chi connectivity index (χ1v) is 12.5. The van der Waals surface area contributed by atoms with Gasteiger partial charge >= 0.3 is 0 Å². The molecule has 1 amide bonds. The first kappa shape index (κ1) is 21.3. The summed E-state index contributed by atoms with van der Waals surface area (Å²) in [5.41, 5.74) is 2.21. The van der Waals surface area contributed by atoms with E-state index in [0.717, 1.165) is 17.6 Å². The molecule has 0 aliphatic carbocycles. The van der Waals surface area contributed by atoms with Crippen molar-refractivity contribution in [1.82, 2.24) is 0 Å². The first-order chi connectivity index (χ1) is 14.9. The molecular weight excluding hydrogens is 432 g/mol. The van der Waals surface area contributed by atoms with Crippen molar-refractivity contribution >= 4 is 39.1 Å². The van der Waals surface area contributed by atoms with Gasteiger partial charge in [0.2, 0.25) is 10.0 Å². The summed E-state index contributed by atoms with van der Waals surface area (Å²) in [6, 6.07) is 24.6. The minimum atomic E-state index is -3.54. The van der Waals surface area contributed by atoms with Gasteiger partial charge in [-0.25, -0.2) is 8.42 Å². The second-order valence-electron chi connectivity index (χ2n) is 7.16. The van der Waals surface area contributed by atoms with Crippen LogP contribution in [0.25, 0.3) is 0 Å². The lowest BCUT2D eigenvalue weighted by atomic mass is 10.2. The highest BCUT2D eigenvalue weighted by atomic mass is 32.2. The van der Waals surface area contributed by atoms with Crippen molar-refractivity contribution in [3.8, 4) is 5.75 Å². The van der Waals surface area contributed by atoms with Crippen LogP contribution in [0.15, 0.2) is 83.8 Å². The maximum absolute atomic E-state index is 12.8. The van der Waals surface area contributed by atoms with Gasteiger partial charge in [0.15, 0.2) is 6.10 Å². The van der Waals surface area contributed by atoms with E-state index in [-0.39, 0.29) is 6.54 Å². The Kier molecular flexibility index (Phi) is 6.20. The smallest absolute Gasteiger partial charge is 0.267 e. The number of hydrogen-bond acceptors (Lipinski definition) is 5. The van der Waals surface area contributed by atoms with Gasteiger partial charge in [-0.3, -0.25) is 9.10 Å². The number of para-hydroxylation sites is 2. The Morgan fingerprint density at radius 1 is 1.03 bits per heavy atom. The van der Waals surface area contributed by atoms with Crippen LogP contribution < -0.4 is 14.4 Å². The van der Waals surface area contributed by atoms with Crippen molar-refractivity contribution < 1.29 is 17.9 Å². The van der Waals surface area contributed by atoms with Gasteiger partial charge in [0.05, 0.1) is 18.5 Å². The molecule has 31 heavy (non-hydrogen) atoms. The fourth-order valence-electron chi connectivity index (χ4n) is 3.24. The Balaban J connectivity index is 1.41. The minimum Gasteiger partial charge on any atom is -0.476 e. The maximum atomic E-state index is 12.8. The number of hydrogen-bond donors (Lipinski definition) is 1. The zero-order chi connectivity index (χ0) is 21.8. The predicted octanol–water partition coefficient (Wildman–Crippen LogP) is 4.14. The molecule has 1 aliphatic rings. The van der Waals surface area contributed by atoms with Crippen molar-refractivity contribution in [2.45, 2.75) is 16.8 Å². The number of carbonyl (C=O) groups excluding carboxylic acids is 1. The van der Waals surface area contributed by atoms with Crippen LogP contribution in [0.3, 0.4) is 0 Å². The SMILES string of the molecule is CS(=O)(=O)N1C[C@@H](C(=O)Nc2ccc(CSc3ccccc3)cc2)Oc2ccccc21. The Bertz CT molecular complexity index is 1170. The molecule has 0 bridgehead atoms. The zero-order valence-corrected chi connectivity index (χ0v) is 18.5. The van der Waals surface area contributed by atoms with E-state index in [2.05, 4.69) is 17.4 Å². The van der Waals surface area contributed by atoms with Gasteiger partial charge in [0.25, 0.3) is 5.91 Å². The van der Waals surface area contributed by atoms with E-state index in [1.54, 1.807) is 36.0 Å². The third-order valence-electron chi connectivity index (χ3n) is 4.80. The number of amides is 1. The molecule has 0 saturated heterocycles. The van der Waals surface area contributed by atoms with E-state index in [0.29, 0.717) is 17.1 Å². The number of benzene rings is 3. The summed E-state index contributed by atoms with van der Waals surface area (Å²) in [6.45, 7) is -0.0759. The largest absolute Gasteiger partial charge is 0.476 e.